The van der Waals surface area contributed by atoms with Gasteiger partial charge in [-0.25, -0.2) is 9.18 Å². The molecule has 0 saturated carbocycles. The number of halogens is 1. The fraction of sp³-hybridized carbons (Fsp3) is 0.375. The van der Waals surface area contributed by atoms with E-state index in [2.05, 4.69) is 5.32 Å². The number of nitro benzene ring substituents is 2. The van der Waals surface area contributed by atoms with Gasteiger partial charge in [0.05, 0.1) is 21.7 Å². The van der Waals surface area contributed by atoms with Crippen LogP contribution in [0.3, 0.4) is 0 Å². The zero-order chi connectivity index (χ0) is 19.9. The first kappa shape index (κ1) is 21.0. The Morgan fingerprint density at radius 1 is 1.19 bits per heavy atom. The number of carbonyl (C=O) groups is 1. The number of hydrogen-bond acceptors (Lipinski definition) is 6. The Morgan fingerprint density at radius 2 is 1.73 bits per heavy atom. The molecule has 0 aliphatic heterocycles. The second-order valence-electron chi connectivity index (χ2n) is 6.24. The van der Waals surface area contributed by atoms with E-state index in [1.165, 1.54) is 6.42 Å². The summed E-state index contributed by atoms with van der Waals surface area (Å²) in [6.45, 7) is 4.96. The van der Waals surface area contributed by atoms with Gasteiger partial charge in [0, 0.05) is 25.1 Å². The lowest BCUT2D eigenvalue weighted by Gasteiger charge is -2.19. The first-order chi connectivity index (χ1) is 12.0. The Kier molecular flexibility index (Phi) is 7.17. The van der Waals surface area contributed by atoms with Crippen molar-refractivity contribution in [1.82, 2.24) is 5.32 Å². The molecule has 1 aromatic rings. The van der Waals surface area contributed by atoms with Crippen LogP contribution in [0.4, 0.5) is 20.6 Å². The molecule has 10 heteroatoms. The predicted molar refractivity (Wildman–Crippen MR) is 91.2 cm³/mol. The largest absolute Gasteiger partial charge is 0.444 e. The van der Waals surface area contributed by atoms with Crippen molar-refractivity contribution < 1.29 is 23.8 Å². The van der Waals surface area contributed by atoms with Crippen molar-refractivity contribution >= 4 is 17.5 Å². The Balaban J connectivity index is 2.64. The van der Waals surface area contributed by atoms with Gasteiger partial charge >= 0.3 is 6.09 Å². The summed E-state index contributed by atoms with van der Waals surface area (Å²) in [5.74, 6) is -0.616. The summed E-state index contributed by atoms with van der Waals surface area (Å²) in [5.41, 5.74) is -1.44. The quantitative estimate of drug-likeness (QED) is 0.576. The Bertz CT molecular complexity index is 695. The maximum Gasteiger partial charge on any atom is 0.407 e. The molecule has 1 aromatic carbocycles. The molecule has 0 aliphatic carbocycles. The molecule has 1 rings (SSSR count). The summed E-state index contributed by atoms with van der Waals surface area (Å²) in [6, 6.07) is 3.05. The van der Waals surface area contributed by atoms with E-state index in [-0.39, 0.29) is 18.5 Å². The molecule has 0 aliphatic rings. The number of non-ortho nitro benzene ring substituents is 2. The molecule has 0 fully saturated rings. The lowest BCUT2D eigenvalue weighted by atomic mass is 10.1. The molecule has 0 unspecified atom stereocenters. The third-order valence-electron chi connectivity index (χ3n) is 2.85. The highest BCUT2D eigenvalue weighted by Crippen LogP contribution is 2.25. The van der Waals surface area contributed by atoms with Crippen molar-refractivity contribution in [3.63, 3.8) is 0 Å². The van der Waals surface area contributed by atoms with Gasteiger partial charge in [-0.2, -0.15) is 0 Å². The Hall–Kier alpha value is -3.04. The summed E-state index contributed by atoms with van der Waals surface area (Å²) < 4.78 is 18.7. The van der Waals surface area contributed by atoms with Crippen molar-refractivity contribution in [2.75, 3.05) is 6.54 Å². The molecular weight excluding hydrogens is 349 g/mol. The third kappa shape index (κ3) is 7.69. The highest BCUT2D eigenvalue weighted by molar-refractivity contribution is 5.67. The van der Waals surface area contributed by atoms with Gasteiger partial charge in [-0.05, 0) is 38.8 Å². The predicted octanol–water partition coefficient (Wildman–Crippen LogP) is 3.82. The van der Waals surface area contributed by atoms with Gasteiger partial charge in [0.25, 0.3) is 11.4 Å². The highest BCUT2D eigenvalue weighted by atomic mass is 19.1. The number of nitrogens with zero attached hydrogens (tertiary/aromatic N) is 2. The van der Waals surface area contributed by atoms with E-state index < -0.39 is 38.7 Å². The molecule has 0 spiro atoms. The van der Waals surface area contributed by atoms with Crippen molar-refractivity contribution in [3.8, 4) is 0 Å². The van der Waals surface area contributed by atoms with Crippen molar-refractivity contribution in [1.29, 1.82) is 0 Å². The second-order valence-corrected chi connectivity index (χ2v) is 6.24. The highest BCUT2D eigenvalue weighted by Gasteiger charge is 2.17. The number of hydrogen-bond donors (Lipinski definition) is 1. The SMILES string of the molecule is CC(C)(C)OC(=O)NC/C=C(\F)C[CH]c1cc([N+](=O)[O-])cc([N+](=O)[O-])c1. The molecule has 0 bridgehead atoms. The molecule has 26 heavy (non-hydrogen) atoms. The van der Waals surface area contributed by atoms with Gasteiger partial charge < -0.3 is 10.1 Å². The van der Waals surface area contributed by atoms with Crippen LogP contribution in [0.15, 0.2) is 30.1 Å². The van der Waals surface area contributed by atoms with E-state index in [1.54, 1.807) is 20.8 Å². The molecule has 9 nitrogen and oxygen atoms in total. The summed E-state index contributed by atoms with van der Waals surface area (Å²) in [4.78, 5) is 31.5. The number of ether oxygens (including phenoxy) is 1. The van der Waals surface area contributed by atoms with E-state index in [4.69, 9.17) is 4.74 Å². The van der Waals surface area contributed by atoms with Crippen LogP contribution in [0, 0.1) is 26.6 Å². The number of rotatable bonds is 7. The molecule has 141 valence electrons. The summed E-state index contributed by atoms with van der Waals surface area (Å²) in [7, 11) is 0. The molecule has 0 saturated heterocycles. The van der Waals surface area contributed by atoms with Crippen LogP contribution in [0.2, 0.25) is 0 Å². The van der Waals surface area contributed by atoms with Gasteiger partial charge in [-0.3, -0.25) is 20.2 Å². The third-order valence-corrected chi connectivity index (χ3v) is 2.85. The molecular formula is C16H19FN3O6. The fourth-order valence-corrected chi connectivity index (χ4v) is 1.80. The van der Waals surface area contributed by atoms with E-state index in [0.717, 1.165) is 24.3 Å². The zero-order valence-corrected chi connectivity index (χ0v) is 14.5. The number of carbonyl (C=O) groups excluding carboxylic acids is 1. The van der Waals surface area contributed by atoms with E-state index in [0.29, 0.717) is 0 Å². The summed E-state index contributed by atoms with van der Waals surface area (Å²) >= 11 is 0. The molecule has 0 aromatic heterocycles. The molecule has 1 N–H and O–H groups in total. The normalized spacial score (nSPS) is 11.8. The van der Waals surface area contributed by atoms with Gasteiger partial charge in [-0.15, -0.1) is 0 Å². The number of nitrogens with one attached hydrogen (secondary N) is 1. The van der Waals surface area contributed by atoms with Crippen molar-refractivity contribution in [2.45, 2.75) is 32.8 Å². The fourth-order valence-electron chi connectivity index (χ4n) is 1.80. The van der Waals surface area contributed by atoms with Crippen LogP contribution in [0.25, 0.3) is 0 Å². The topological polar surface area (TPSA) is 125 Å². The second kappa shape index (κ2) is 8.88. The Labute approximate surface area is 149 Å². The van der Waals surface area contributed by atoms with Crippen LogP contribution in [-0.4, -0.2) is 28.1 Å². The van der Waals surface area contributed by atoms with E-state index in [1.807, 2.05) is 0 Å². The average Bonchev–Trinajstić information content (AvgIpc) is 2.50. The lowest BCUT2D eigenvalue weighted by molar-refractivity contribution is -0.394. The monoisotopic (exact) mass is 368 g/mol. The standard InChI is InChI=1S/C16H19FN3O6/c1-16(2,3)26-15(21)18-7-6-12(17)5-4-11-8-13(19(22)23)10-14(9-11)20(24)25/h4,6,8-10H,5,7H2,1-3H3,(H,18,21)/b12-6-. The molecule has 0 atom stereocenters. The summed E-state index contributed by atoms with van der Waals surface area (Å²) in [6.07, 6.45) is 1.44. The maximum absolute atomic E-state index is 13.8. The first-order valence-electron chi connectivity index (χ1n) is 7.56. The van der Waals surface area contributed by atoms with E-state index in [9.17, 15) is 29.4 Å². The smallest absolute Gasteiger partial charge is 0.407 e. The number of alkyl carbamates (subject to hydrolysis) is 1. The lowest BCUT2D eigenvalue weighted by Crippen LogP contribution is -2.32. The molecule has 0 heterocycles. The Morgan fingerprint density at radius 3 is 2.19 bits per heavy atom. The average molecular weight is 368 g/mol. The van der Waals surface area contributed by atoms with Gasteiger partial charge in [0.15, 0.2) is 0 Å². The molecule has 1 amide bonds. The number of benzene rings is 1. The number of nitro groups is 2. The van der Waals surface area contributed by atoms with E-state index >= 15 is 0 Å². The van der Waals surface area contributed by atoms with Crippen molar-refractivity contribution in [2.24, 2.45) is 0 Å². The zero-order valence-electron chi connectivity index (χ0n) is 14.5. The van der Waals surface area contributed by atoms with Crippen LogP contribution >= 0.6 is 0 Å². The van der Waals surface area contributed by atoms with Gasteiger partial charge in [-0.1, -0.05) is 0 Å². The molecule has 1 radical (unpaired) electrons. The number of amides is 1. The minimum absolute atomic E-state index is 0.107. The summed E-state index contributed by atoms with van der Waals surface area (Å²) in [5, 5.41) is 23.9. The maximum atomic E-state index is 13.8. The van der Waals surface area contributed by atoms with Crippen LogP contribution in [0.1, 0.15) is 32.8 Å². The minimum Gasteiger partial charge on any atom is -0.444 e. The van der Waals surface area contributed by atoms with Gasteiger partial charge in [0.1, 0.15) is 5.60 Å². The first-order valence-corrected chi connectivity index (χ1v) is 7.56. The van der Waals surface area contributed by atoms with Crippen LogP contribution in [-0.2, 0) is 4.74 Å². The van der Waals surface area contributed by atoms with Crippen molar-refractivity contribution in [3.05, 3.63) is 62.3 Å². The number of allylic oxidation sites excluding steroid dienone is 1. The minimum atomic E-state index is -0.763. The van der Waals surface area contributed by atoms with Crippen LogP contribution in [0.5, 0.6) is 0 Å². The van der Waals surface area contributed by atoms with Gasteiger partial charge in [0.2, 0.25) is 0 Å². The van der Waals surface area contributed by atoms with Crippen LogP contribution < -0.4 is 5.32 Å².